The predicted octanol–water partition coefficient (Wildman–Crippen LogP) is 2.14. The quantitative estimate of drug-likeness (QED) is 0.638. The lowest BCUT2D eigenvalue weighted by atomic mass is 9.65. The van der Waals surface area contributed by atoms with E-state index in [1.54, 1.807) is 0 Å². The molecule has 1 saturated heterocycles. The highest BCUT2D eigenvalue weighted by Crippen LogP contribution is 2.43. The highest BCUT2D eigenvalue weighted by molar-refractivity contribution is 4.93. The zero-order valence-corrected chi connectivity index (χ0v) is 9.75. The van der Waals surface area contributed by atoms with E-state index in [1.165, 1.54) is 12.8 Å². The van der Waals surface area contributed by atoms with Gasteiger partial charge in [-0.3, -0.25) is 4.90 Å². The molecule has 0 spiro atoms. The Morgan fingerprint density at radius 3 is 2.14 bits per heavy atom. The molecular formula is C12H23NO. The number of morpholine rings is 1. The van der Waals surface area contributed by atoms with E-state index in [0.29, 0.717) is 5.41 Å². The molecule has 0 bridgehead atoms. The molecule has 0 aromatic carbocycles. The second kappa shape index (κ2) is 3.82. The maximum absolute atomic E-state index is 5.37. The molecule has 0 N–H and O–H groups in total. The van der Waals surface area contributed by atoms with Gasteiger partial charge in [-0.1, -0.05) is 20.8 Å². The molecule has 2 rings (SSSR count). The molecule has 2 aliphatic rings. The van der Waals surface area contributed by atoms with E-state index in [0.717, 1.165) is 38.3 Å². The van der Waals surface area contributed by atoms with Gasteiger partial charge in [0.1, 0.15) is 0 Å². The average Bonchev–Trinajstić information content (AvgIpc) is 2.00. The van der Waals surface area contributed by atoms with Crippen molar-refractivity contribution in [3.8, 4) is 0 Å². The van der Waals surface area contributed by atoms with Crippen LogP contribution in [0.1, 0.15) is 33.6 Å². The monoisotopic (exact) mass is 197 g/mol. The smallest absolute Gasteiger partial charge is 0.0594 e. The van der Waals surface area contributed by atoms with Gasteiger partial charge < -0.3 is 4.74 Å². The molecule has 1 saturated carbocycles. The number of hydrogen-bond acceptors (Lipinski definition) is 2. The van der Waals surface area contributed by atoms with E-state index in [-0.39, 0.29) is 0 Å². The molecule has 0 aromatic rings. The van der Waals surface area contributed by atoms with Crippen LogP contribution in [0.15, 0.2) is 0 Å². The number of hydrogen-bond donors (Lipinski definition) is 0. The van der Waals surface area contributed by atoms with Gasteiger partial charge in [-0.25, -0.2) is 0 Å². The first-order valence-corrected chi connectivity index (χ1v) is 5.89. The predicted molar refractivity (Wildman–Crippen MR) is 58.4 cm³/mol. The standard InChI is InChI=1S/C12H23NO/c1-12(2,3)10-8-11(9-10)13-4-6-14-7-5-13/h10-11H,4-9H2,1-3H3. The van der Waals surface area contributed by atoms with Gasteiger partial charge in [0.15, 0.2) is 0 Å². The Labute approximate surface area is 87.6 Å². The van der Waals surface area contributed by atoms with E-state index < -0.39 is 0 Å². The third kappa shape index (κ3) is 2.12. The highest BCUT2D eigenvalue weighted by atomic mass is 16.5. The summed E-state index contributed by atoms with van der Waals surface area (Å²) in [5, 5.41) is 0. The molecule has 0 amide bonds. The summed E-state index contributed by atoms with van der Waals surface area (Å²) in [6, 6.07) is 0.864. The van der Waals surface area contributed by atoms with Crippen LogP contribution in [0.25, 0.3) is 0 Å². The summed E-state index contributed by atoms with van der Waals surface area (Å²) in [7, 11) is 0. The molecule has 82 valence electrons. The maximum atomic E-state index is 5.37. The van der Waals surface area contributed by atoms with Gasteiger partial charge in [-0.2, -0.15) is 0 Å². The van der Waals surface area contributed by atoms with Crippen molar-refractivity contribution < 1.29 is 4.74 Å². The average molecular weight is 197 g/mol. The fraction of sp³-hybridized carbons (Fsp3) is 1.00. The Balaban J connectivity index is 1.76. The van der Waals surface area contributed by atoms with Crippen LogP contribution in [0.2, 0.25) is 0 Å². The molecule has 1 aliphatic heterocycles. The molecule has 0 atom stereocenters. The van der Waals surface area contributed by atoms with E-state index >= 15 is 0 Å². The molecule has 0 unspecified atom stereocenters. The minimum absolute atomic E-state index is 0.517. The Bertz CT molecular complexity index is 185. The van der Waals surface area contributed by atoms with Crippen LogP contribution in [0, 0.1) is 11.3 Å². The molecule has 0 aromatic heterocycles. The van der Waals surface area contributed by atoms with Crippen LogP contribution in [-0.2, 0) is 4.74 Å². The summed E-state index contributed by atoms with van der Waals surface area (Å²) in [5.41, 5.74) is 0.517. The van der Waals surface area contributed by atoms with Gasteiger partial charge in [0, 0.05) is 19.1 Å². The van der Waals surface area contributed by atoms with Crippen molar-refractivity contribution in [3.05, 3.63) is 0 Å². The Morgan fingerprint density at radius 2 is 1.64 bits per heavy atom. The first kappa shape index (κ1) is 10.4. The normalized spacial score (nSPS) is 35.4. The molecule has 1 aliphatic carbocycles. The van der Waals surface area contributed by atoms with Crippen molar-refractivity contribution >= 4 is 0 Å². The molecule has 1 heterocycles. The number of nitrogens with zero attached hydrogens (tertiary/aromatic N) is 1. The SMILES string of the molecule is CC(C)(C)C1CC(N2CCOCC2)C1. The molecule has 0 radical (unpaired) electrons. The van der Waals surface area contributed by atoms with Crippen molar-refractivity contribution in [2.24, 2.45) is 11.3 Å². The number of rotatable bonds is 1. The molecule has 2 heteroatoms. The fourth-order valence-electron chi connectivity index (χ4n) is 2.54. The van der Waals surface area contributed by atoms with Crippen LogP contribution in [0.3, 0.4) is 0 Å². The first-order chi connectivity index (χ1) is 6.57. The van der Waals surface area contributed by atoms with Crippen LogP contribution in [0.5, 0.6) is 0 Å². The molecular weight excluding hydrogens is 174 g/mol. The Morgan fingerprint density at radius 1 is 1.07 bits per heavy atom. The van der Waals surface area contributed by atoms with Gasteiger partial charge in [-0.05, 0) is 24.2 Å². The molecule has 2 fully saturated rings. The van der Waals surface area contributed by atoms with Crippen molar-refractivity contribution in [2.45, 2.75) is 39.7 Å². The minimum Gasteiger partial charge on any atom is -0.379 e. The Hall–Kier alpha value is -0.0800. The lowest BCUT2D eigenvalue weighted by Crippen LogP contribution is -2.52. The maximum Gasteiger partial charge on any atom is 0.0594 e. The van der Waals surface area contributed by atoms with E-state index in [4.69, 9.17) is 4.74 Å². The minimum atomic E-state index is 0.517. The van der Waals surface area contributed by atoms with Gasteiger partial charge in [0.2, 0.25) is 0 Å². The zero-order chi connectivity index (χ0) is 10.2. The largest absolute Gasteiger partial charge is 0.379 e. The van der Waals surface area contributed by atoms with Gasteiger partial charge >= 0.3 is 0 Å². The summed E-state index contributed by atoms with van der Waals surface area (Å²) in [6.45, 7) is 11.3. The Kier molecular flexibility index (Phi) is 2.85. The summed E-state index contributed by atoms with van der Waals surface area (Å²) in [5.74, 6) is 0.940. The van der Waals surface area contributed by atoms with Gasteiger partial charge in [0.25, 0.3) is 0 Å². The topological polar surface area (TPSA) is 12.5 Å². The van der Waals surface area contributed by atoms with Crippen LogP contribution >= 0.6 is 0 Å². The third-order valence-electron chi connectivity index (χ3n) is 3.90. The van der Waals surface area contributed by atoms with Gasteiger partial charge in [-0.15, -0.1) is 0 Å². The highest BCUT2D eigenvalue weighted by Gasteiger charge is 2.39. The number of ether oxygens (including phenoxy) is 1. The van der Waals surface area contributed by atoms with E-state index in [2.05, 4.69) is 25.7 Å². The summed E-state index contributed by atoms with van der Waals surface area (Å²) in [4.78, 5) is 2.62. The van der Waals surface area contributed by atoms with E-state index in [9.17, 15) is 0 Å². The second-order valence-corrected chi connectivity index (χ2v) is 5.84. The summed E-state index contributed by atoms with van der Waals surface area (Å²) in [6.07, 6.45) is 2.81. The first-order valence-electron chi connectivity index (χ1n) is 5.89. The van der Waals surface area contributed by atoms with Crippen molar-refractivity contribution in [1.29, 1.82) is 0 Å². The van der Waals surface area contributed by atoms with Gasteiger partial charge in [0.05, 0.1) is 13.2 Å². The lowest BCUT2D eigenvalue weighted by Gasteiger charge is -2.49. The zero-order valence-electron chi connectivity index (χ0n) is 9.75. The van der Waals surface area contributed by atoms with E-state index in [1.807, 2.05) is 0 Å². The molecule has 14 heavy (non-hydrogen) atoms. The van der Waals surface area contributed by atoms with Crippen LogP contribution in [-0.4, -0.2) is 37.2 Å². The summed E-state index contributed by atoms with van der Waals surface area (Å²) >= 11 is 0. The van der Waals surface area contributed by atoms with Crippen molar-refractivity contribution in [3.63, 3.8) is 0 Å². The molecule has 2 nitrogen and oxygen atoms in total. The summed E-state index contributed by atoms with van der Waals surface area (Å²) < 4.78 is 5.37. The third-order valence-corrected chi connectivity index (χ3v) is 3.90. The van der Waals surface area contributed by atoms with Crippen molar-refractivity contribution in [2.75, 3.05) is 26.3 Å². The fourth-order valence-corrected chi connectivity index (χ4v) is 2.54. The second-order valence-electron chi connectivity index (χ2n) is 5.84. The van der Waals surface area contributed by atoms with Crippen molar-refractivity contribution in [1.82, 2.24) is 4.90 Å². The van der Waals surface area contributed by atoms with Crippen LogP contribution in [0.4, 0.5) is 0 Å². The van der Waals surface area contributed by atoms with Crippen LogP contribution < -0.4 is 0 Å². The lowest BCUT2D eigenvalue weighted by molar-refractivity contribution is -0.0372.